The zero-order valence-electron chi connectivity index (χ0n) is 18.8. The standard InChI is InChI=1S/C28H29N3O2/c1-2-12-29-26(10-1)21-33-27-11-3-6-22(17-27)18-31-14-15-32-20-23(19-31)16-25-8-4-7-24-9-5-13-30-28(24)25/h1-13,17,23H,14-16,18-21H2/t23-/m0/s1. The van der Waals surface area contributed by atoms with Crippen molar-refractivity contribution in [3.63, 3.8) is 0 Å². The predicted molar refractivity (Wildman–Crippen MR) is 130 cm³/mol. The van der Waals surface area contributed by atoms with Crippen molar-refractivity contribution in [1.29, 1.82) is 0 Å². The van der Waals surface area contributed by atoms with Crippen LogP contribution in [0.2, 0.25) is 0 Å². The van der Waals surface area contributed by atoms with Crippen LogP contribution in [-0.4, -0.2) is 41.2 Å². The molecule has 3 heterocycles. The van der Waals surface area contributed by atoms with E-state index in [0.717, 1.165) is 56.2 Å². The molecule has 33 heavy (non-hydrogen) atoms. The number of pyridine rings is 2. The Morgan fingerprint density at radius 1 is 0.939 bits per heavy atom. The summed E-state index contributed by atoms with van der Waals surface area (Å²) in [6.07, 6.45) is 4.64. The fourth-order valence-corrected chi connectivity index (χ4v) is 4.50. The fourth-order valence-electron chi connectivity index (χ4n) is 4.50. The predicted octanol–water partition coefficient (Wildman–Crippen LogP) is 4.90. The molecule has 0 spiro atoms. The van der Waals surface area contributed by atoms with Gasteiger partial charge in [-0.25, -0.2) is 0 Å². The van der Waals surface area contributed by atoms with Crippen molar-refractivity contribution in [1.82, 2.24) is 14.9 Å². The minimum atomic E-state index is 0.434. The molecule has 168 valence electrons. The van der Waals surface area contributed by atoms with Gasteiger partial charge in [-0.2, -0.15) is 0 Å². The number of para-hydroxylation sites is 1. The van der Waals surface area contributed by atoms with Crippen LogP contribution >= 0.6 is 0 Å². The zero-order chi connectivity index (χ0) is 22.3. The van der Waals surface area contributed by atoms with Crippen LogP contribution in [0.4, 0.5) is 0 Å². The lowest BCUT2D eigenvalue weighted by Gasteiger charge is -2.24. The van der Waals surface area contributed by atoms with Crippen LogP contribution in [0.25, 0.3) is 10.9 Å². The van der Waals surface area contributed by atoms with Crippen LogP contribution in [-0.2, 0) is 24.3 Å². The van der Waals surface area contributed by atoms with Crippen LogP contribution in [0, 0.1) is 5.92 Å². The smallest absolute Gasteiger partial charge is 0.130 e. The maximum absolute atomic E-state index is 5.98. The van der Waals surface area contributed by atoms with Gasteiger partial charge in [0.2, 0.25) is 0 Å². The van der Waals surface area contributed by atoms with Gasteiger partial charge in [-0.3, -0.25) is 14.9 Å². The van der Waals surface area contributed by atoms with Gasteiger partial charge in [0.05, 0.1) is 24.4 Å². The van der Waals surface area contributed by atoms with E-state index in [1.807, 2.05) is 36.5 Å². The average molecular weight is 440 g/mol. The number of benzene rings is 2. The first-order chi connectivity index (χ1) is 16.3. The monoisotopic (exact) mass is 439 g/mol. The van der Waals surface area contributed by atoms with Crippen molar-refractivity contribution in [2.75, 3.05) is 26.3 Å². The molecule has 5 heteroatoms. The summed E-state index contributed by atoms with van der Waals surface area (Å²) in [5.74, 6) is 1.31. The highest BCUT2D eigenvalue weighted by Crippen LogP contribution is 2.22. The Hall–Kier alpha value is -3.28. The minimum absolute atomic E-state index is 0.434. The first-order valence-electron chi connectivity index (χ1n) is 11.6. The van der Waals surface area contributed by atoms with E-state index in [0.29, 0.717) is 12.5 Å². The second kappa shape index (κ2) is 10.6. The SMILES string of the molecule is c1ccc(COc2cccc(CN3CCOC[C@@H](Cc4cccc5cccnc45)C3)c2)nc1. The van der Waals surface area contributed by atoms with E-state index in [1.165, 1.54) is 16.5 Å². The molecule has 1 aliphatic rings. The summed E-state index contributed by atoms with van der Waals surface area (Å²) in [6, 6.07) is 24.8. The second-order valence-electron chi connectivity index (χ2n) is 8.63. The summed E-state index contributed by atoms with van der Waals surface area (Å²) in [5.41, 5.74) is 4.58. The first kappa shape index (κ1) is 21.6. The van der Waals surface area contributed by atoms with Crippen LogP contribution in [0.15, 0.2) is 85.2 Å². The molecule has 0 saturated carbocycles. The number of hydrogen-bond donors (Lipinski definition) is 0. The molecular formula is C28H29N3O2. The van der Waals surface area contributed by atoms with Crippen LogP contribution in [0.5, 0.6) is 5.75 Å². The third kappa shape index (κ3) is 5.75. The van der Waals surface area contributed by atoms with Crippen LogP contribution < -0.4 is 4.74 Å². The Labute approximate surface area is 195 Å². The molecule has 5 rings (SSSR count). The first-order valence-corrected chi connectivity index (χ1v) is 11.6. The van der Waals surface area contributed by atoms with Gasteiger partial charge in [0.1, 0.15) is 12.4 Å². The third-order valence-corrected chi connectivity index (χ3v) is 6.06. The Kier molecular flexibility index (Phi) is 6.90. The van der Waals surface area contributed by atoms with E-state index in [-0.39, 0.29) is 0 Å². The van der Waals surface area contributed by atoms with Crippen LogP contribution in [0.3, 0.4) is 0 Å². The molecule has 1 saturated heterocycles. The summed E-state index contributed by atoms with van der Waals surface area (Å²) in [7, 11) is 0. The maximum Gasteiger partial charge on any atom is 0.130 e. The largest absolute Gasteiger partial charge is 0.487 e. The highest BCUT2D eigenvalue weighted by molar-refractivity contribution is 5.81. The Balaban J connectivity index is 1.23. The normalized spacial score (nSPS) is 17.0. The number of rotatable bonds is 7. The number of fused-ring (bicyclic) bond motifs is 1. The number of aromatic nitrogens is 2. The van der Waals surface area contributed by atoms with Gasteiger partial charge in [0, 0.05) is 37.4 Å². The van der Waals surface area contributed by atoms with Crippen molar-refractivity contribution in [2.45, 2.75) is 19.6 Å². The van der Waals surface area contributed by atoms with Crippen molar-refractivity contribution < 1.29 is 9.47 Å². The molecule has 0 amide bonds. The molecule has 2 aromatic heterocycles. The summed E-state index contributed by atoms with van der Waals surface area (Å²) in [4.78, 5) is 11.5. The Morgan fingerprint density at radius 3 is 2.79 bits per heavy atom. The Morgan fingerprint density at radius 2 is 1.85 bits per heavy atom. The maximum atomic E-state index is 5.98. The summed E-state index contributed by atoms with van der Waals surface area (Å²) >= 11 is 0. The lowest BCUT2D eigenvalue weighted by molar-refractivity contribution is 0.122. The molecule has 1 aliphatic heterocycles. The highest BCUT2D eigenvalue weighted by Gasteiger charge is 2.20. The second-order valence-corrected chi connectivity index (χ2v) is 8.63. The molecule has 5 nitrogen and oxygen atoms in total. The van der Waals surface area contributed by atoms with E-state index >= 15 is 0 Å². The molecule has 2 aromatic carbocycles. The highest BCUT2D eigenvalue weighted by atomic mass is 16.5. The van der Waals surface area contributed by atoms with Gasteiger partial charge in [-0.1, -0.05) is 42.5 Å². The minimum Gasteiger partial charge on any atom is -0.487 e. The lowest BCUT2D eigenvalue weighted by atomic mass is 9.97. The number of ether oxygens (including phenoxy) is 2. The van der Waals surface area contributed by atoms with Crippen molar-refractivity contribution in [2.24, 2.45) is 5.92 Å². The molecule has 4 aromatic rings. The van der Waals surface area contributed by atoms with Gasteiger partial charge in [-0.15, -0.1) is 0 Å². The van der Waals surface area contributed by atoms with E-state index < -0.39 is 0 Å². The molecule has 1 fully saturated rings. The number of nitrogens with zero attached hydrogens (tertiary/aromatic N) is 3. The summed E-state index contributed by atoms with van der Waals surface area (Å²) in [5, 5.41) is 1.20. The fraction of sp³-hybridized carbons (Fsp3) is 0.286. The topological polar surface area (TPSA) is 47.5 Å². The van der Waals surface area contributed by atoms with Gasteiger partial charge >= 0.3 is 0 Å². The Bertz CT molecular complexity index is 1180. The molecule has 0 N–H and O–H groups in total. The lowest BCUT2D eigenvalue weighted by Crippen LogP contribution is -2.30. The molecule has 0 bridgehead atoms. The van der Waals surface area contributed by atoms with Crippen molar-refractivity contribution >= 4 is 10.9 Å². The molecule has 0 aliphatic carbocycles. The van der Waals surface area contributed by atoms with Gasteiger partial charge in [0.25, 0.3) is 0 Å². The molecule has 0 radical (unpaired) electrons. The van der Waals surface area contributed by atoms with E-state index in [9.17, 15) is 0 Å². The van der Waals surface area contributed by atoms with E-state index in [1.54, 1.807) is 6.20 Å². The molecular weight excluding hydrogens is 410 g/mol. The molecule has 1 atom stereocenters. The van der Waals surface area contributed by atoms with Crippen LogP contribution in [0.1, 0.15) is 16.8 Å². The summed E-state index contributed by atoms with van der Waals surface area (Å²) in [6.45, 7) is 4.84. The third-order valence-electron chi connectivity index (χ3n) is 6.06. The van der Waals surface area contributed by atoms with Gasteiger partial charge in [-0.05, 0) is 53.8 Å². The van der Waals surface area contributed by atoms with Crippen molar-refractivity contribution in [3.8, 4) is 5.75 Å². The van der Waals surface area contributed by atoms with Gasteiger partial charge in [0.15, 0.2) is 0 Å². The average Bonchev–Trinajstić information content (AvgIpc) is 3.08. The quantitative estimate of drug-likeness (QED) is 0.410. The van der Waals surface area contributed by atoms with E-state index in [2.05, 4.69) is 57.3 Å². The zero-order valence-corrected chi connectivity index (χ0v) is 18.8. The number of hydrogen-bond acceptors (Lipinski definition) is 5. The molecule has 0 unspecified atom stereocenters. The van der Waals surface area contributed by atoms with E-state index in [4.69, 9.17) is 9.47 Å². The van der Waals surface area contributed by atoms with Crippen molar-refractivity contribution in [3.05, 3.63) is 102 Å². The summed E-state index contributed by atoms with van der Waals surface area (Å²) < 4.78 is 12.0. The van der Waals surface area contributed by atoms with Gasteiger partial charge < -0.3 is 9.47 Å².